The second-order valence-corrected chi connectivity index (χ2v) is 8.16. The Hall–Kier alpha value is -3.66. The molecule has 0 radical (unpaired) electrons. The number of hydrogen-bond donors (Lipinski definition) is 0. The lowest BCUT2D eigenvalue weighted by atomic mass is 9.94. The molecule has 0 bridgehead atoms. The van der Waals surface area contributed by atoms with Crippen molar-refractivity contribution in [1.82, 2.24) is 4.57 Å². The van der Waals surface area contributed by atoms with Crippen LogP contribution in [0.1, 0.15) is 35.9 Å². The van der Waals surface area contributed by atoms with Gasteiger partial charge in [0, 0.05) is 29.1 Å². The first-order valence-corrected chi connectivity index (χ1v) is 10.5. The van der Waals surface area contributed by atoms with Gasteiger partial charge in [0.15, 0.2) is 0 Å². The van der Waals surface area contributed by atoms with Crippen molar-refractivity contribution in [2.75, 3.05) is 4.90 Å². The van der Waals surface area contributed by atoms with Gasteiger partial charge in [0.05, 0.1) is 6.54 Å². The van der Waals surface area contributed by atoms with Gasteiger partial charge in [-0.25, -0.2) is 4.39 Å². The molecule has 31 heavy (non-hydrogen) atoms. The minimum absolute atomic E-state index is 0.0283. The van der Waals surface area contributed by atoms with E-state index in [9.17, 15) is 9.18 Å². The Morgan fingerprint density at radius 2 is 1.52 bits per heavy atom. The van der Waals surface area contributed by atoms with E-state index in [1.807, 2.05) is 58.1 Å². The number of hydrogen-bond acceptors (Lipinski definition) is 1. The van der Waals surface area contributed by atoms with Crippen molar-refractivity contribution in [2.24, 2.45) is 0 Å². The van der Waals surface area contributed by atoms with Crippen molar-refractivity contribution >= 4 is 11.6 Å². The molecule has 4 heteroatoms. The molecule has 0 saturated carbocycles. The maximum absolute atomic E-state index is 14.0. The van der Waals surface area contributed by atoms with Crippen LogP contribution >= 0.6 is 0 Å². The van der Waals surface area contributed by atoms with Crippen LogP contribution in [0.15, 0.2) is 85.1 Å². The number of carbonyl (C=O) groups is 1. The highest BCUT2D eigenvalue weighted by atomic mass is 19.1. The molecule has 1 aliphatic rings. The van der Waals surface area contributed by atoms with E-state index in [1.165, 1.54) is 12.1 Å². The van der Waals surface area contributed by atoms with E-state index in [0.717, 1.165) is 33.5 Å². The molecule has 0 N–H and O–H groups in total. The van der Waals surface area contributed by atoms with Crippen LogP contribution in [0.2, 0.25) is 0 Å². The quantitative estimate of drug-likeness (QED) is 0.369. The number of fused-ring (bicyclic) bond motifs is 3. The lowest BCUT2D eigenvalue weighted by molar-refractivity contribution is 0.0976. The molecule has 0 aliphatic carbocycles. The summed E-state index contributed by atoms with van der Waals surface area (Å²) >= 11 is 0. The SMILES string of the molecule is CC(C)n1cc(-c2ccc(F)cc2)c2c1C(=O)N(c1ccccc1)Cc1ccccc1-2. The van der Waals surface area contributed by atoms with E-state index in [-0.39, 0.29) is 17.8 Å². The molecule has 2 heterocycles. The Morgan fingerprint density at radius 1 is 0.839 bits per heavy atom. The number of aromatic nitrogens is 1. The number of amides is 1. The molecule has 1 aliphatic heterocycles. The summed E-state index contributed by atoms with van der Waals surface area (Å²) in [5, 5.41) is 0. The molecule has 1 aromatic heterocycles. The first-order chi connectivity index (χ1) is 15.0. The number of benzene rings is 3. The van der Waals surface area contributed by atoms with Crippen LogP contribution in [0.25, 0.3) is 22.3 Å². The molecular weight excluding hydrogens is 387 g/mol. The second kappa shape index (κ2) is 7.55. The van der Waals surface area contributed by atoms with Crippen molar-refractivity contribution in [3.05, 3.63) is 102 Å². The lowest BCUT2D eigenvalue weighted by Crippen LogP contribution is -2.31. The van der Waals surface area contributed by atoms with Gasteiger partial charge < -0.3 is 9.47 Å². The van der Waals surface area contributed by atoms with Crippen molar-refractivity contribution < 1.29 is 9.18 Å². The zero-order chi connectivity index (χ0) is 21.5. The molecule has 3 aromatic carbocycles. The summed E-state index contributed by atoms with van der Waals surface area (Å²) in [5.41, 5.74) is 6.43. The van der Waals surface area contributed by atoms with Crippen LogP contribution in [0, 0.1) is 5.82 Å². The van der Waals surface area contributed by atoms with Gasteiger partial charge in [-0.3, -0.25) is 4.79 Å². The summed E-state index contributed by atoms with van der Waals surface area (Å²) < 4.78 is 15.7. The van der Waals surface area contributed by atoms with Gasteiger partial charge in [0.1, 0.15) is 11.5 Å². The Labute approximate surface area is 181 Å². The molecule has 0 atom stereocenters. The Kier molecular flexibility index (Phi) is 4.70. The maximum Gasteiger partial charge on any atom is 0.275 e. The van der Waals surface area contributed by atoms with Gasteiger partial charge in [-0.2, -0.15) is 0 Å². The van der Waals surface area contributed by atoms with Gasteiger partial charge in [0.2, 0.25) is 0 Å². The van der Waals surface area contributed by atoms with Crippen LogP contribution < -0.4 is 4.90 Å². The number of halogens is 1. The van der Waals surface area contributed by atoms with Crippen LogP contribution in [0.5, 0.6) is 0 Å². The zero-order valence-electron chi connectivity index (χ0n) is 17.5. The largest absolute Gasteiger partial charge is 0.340 e. The van der Waals surface area contributed by atoms with Crippen LogP contribution in [-0.2, 0) is 6.54 Å². The summed E-state index contributed by atoms with van der Waals surface area (Å²) in [4.78, 5) is 15.8. The highest BCUT2D eigenvalue weighted by Gasteiger charge is 2.33. The molecule has 1 amide bonds. The molecule has 5 rings (SSSR count). The van der Waals surface area contributed by atoms with Crippen LogP contribution in [0.4, 0.5) is 10.1 Å². The topological polar surface area (TPSA) is 25.2 Å². The predicted molar refractivity (Wildman–Crippen MR) is 123 cm³/mol. The molecule has 3 nitrogen and oxygen atoms in total. The minimum Gasteiger partial charge on any atom is -0.340 e. The van der Waals surface area contributed by atoms with E-state index in [0.29, 0.717) is 12.2 Å². The molecule has 0 spiro atoms. The normalized spacial score (nSPS) is 13.2. The Bertz CT molecular complexity index is 1260. The average Bonchev–Trinajstić information content (AvgIpc) is 3.13. The summed E-state index contributed by atoms with van der Waals surface area (Å²) in [6.45, 7) is 4.64. The third-order valence-corrected chi connectivity index (χ3v) is 5.87. The maximum atomic E-state index is 14.0. The smallest absolute Gasteiger partial charge is 0.275 e. The zero-order valence-corrected chi connectivity index (χ0v) is 17.5. The molecule has 0 fully saturated rings. The molecule has 4 aromatic rings. The highest BCUT2D eigenvalue weighted by molar-refractivity contribution is 6.13. The monoisotopic (exact) mass is 410 g/mol. The highest BCUT2D eigenvalue weighted by Crippen LogP contribution is 2.43. The molecule has 154 valence electrons. The van der Waals surface area contributed by atoms with Crippen molar-refractivity contribution in [3.63, 3.8) is 0 Å². The Balaban J connectivity index is 1.82. The minimum atomic E-state index is -0.273. The fraction of sp³-hybridized carbons (Fsp3) is 0.148. The lowest BCUT2D eigenvalue weighted by Gasteiger charge is -2.23. The fourth-order valence-electron chi connectivity index (χ4n) is 4.36. The van der Waals surface area contributed by atoms with Gasteiger partial charge in [-0.1, -0.05) is 54.6 Å². The van der Waals surface area contributed by atoms with Crippen LogP contribution in [0.3, 0.4) is 0 Å². The fourth-order valence-corrected chi connectivity index (χ4v) is 4.36. The third kappa shape index (κ3) is 3.25. The number of carbonyl (C=O) groups excluding carboxylic acids is 1. The number of anilines is 1. The van der Waals surface area contributed by atoms with E-state index in [2.05, 4.69) is 26.0 Å². The standard InChI is InChI=1S/C27H23FN2O/c1-18(2)29-17-24(19-12-14-21(28)15-13-19)25-23-11-7-6-8-20(23)16-30(27(31)26(25)29)22-9-4-3-5-10-22/h3-15,17-18H,16H2,1-2H3. The van der Waals surface area contributed by atoms with E-state index < -0.39 is 0 Å². The average molecular weight is 410 g/mol. The first kappa shape index (κ1) is 19.3. The van der Waals surface area contributed by atoms with Gasteiger partial charge >= 0.3 is 0 Å². The van der Waals surface area contributed by atoms with Crippen molar-refractivity contribution in [2.45, 2.75) is 26.4 Å². The van der Waals surface area contributed by atoms with Crippen molar-refractivity contribution in [1.29, 1.82) is 0 Å². The van der Waals surface area contributed by atoms with Crippen molar-refractivity contribution in [3.8, 4) is 22.3 Å². The number of rotatable bonds is 3. The van der Waals surface area contributed by atoms with E-state index in [1.54, 1.807) is 12.1 Å². The van der Waals surface area contributed by atoms with E-state index in [4.69, 9.17) is 0 Å². The summed E-state index contributed by atoms with van der Waals surface area (Å²) in [7, 11) is 0. The summed E-state index contributed by atoms with van der Waals surface area (Å²) in [6.07, 6.45) is 2.03. The van der Waals surface area contributed by atoms with Gasteiger partial charge in [-0.05, 0) is 54.8 Å². The molecule has 0 unspecified atom stereocenters. The molecule has 0 saturated heterocycles. The third-order valence-electron chi connectivity index (χ3n) is 5.87. The Morgan fingerprint density at radius 3 is 2.23 bits per heavy atom. The number of para-hydroxylation sites is 1. The molecular formula is C27H23FN2O. The van der Waals surface area contributed by atoms with E-state index >= 15 is 0 Å². The summed E-state index contributed by atoms with van der Waals surface area (Å²) in [5.74, 6) is -0.302. The second-order valence-electron chi connectivity index (χ2n) is 8.16. The van der Waals surface area contributed by atoms with Crippen LogP contribution in [-0.4, -0.2) is 10.5 Å². The predicted octanol–water partition coefficient (Wildman–Crippen LogP) is 6.70. The summed E-state index contributed by atoms with van der Waals surface area (Å²) in [6, 6.07) is 24.5. The first-order valence-electron chi connectivity index (χ1n) is 10.5. The number of nitrogens with zero attached hydrogens (tertiary/aromatic N) is 2. The van der Waals surface area contributed by atoms with Gasteiger partial charge in [-0.15, -0.1) is 0 Å². The van der Waals surface area contributed by atoms with Gasteiger partial charge in [0.25, 0.3) is 5.91 Å².